The van der Waals surface area contributed by atoms with Gasteiger partial charge in [-0.1, -0.05) is 64.7 Å². The molecule has 39 heavy (non-hydrogen) atoms. The Hall–Kier alpha value is -0.850. The topological polar surface area (TPSA) is 122 Å². The molecule has 10 nitrogen and oxygen atoms in total. The number of fused-ring (bicyclic) bond motifs is 1. The lowest BCUT2D eigenvalue weighted by Crippen LogP contribution is -2.63. The molecule has 0 bridgehead atoms. The number of aliphatic hydroxyl groups is 2. The van der Waals surface area contributed by atoms with Gasteiger partial charge in [0.15, 0.2) is 24.5 Å². The largest absolute Gasteiger partial charge is 0.457 e. The highest BCUT2D eigenvalue weighted by Crippen LogP contribution is 2.40. The van der Waals surface area contributed by atoms with Crippen LogP contribution in [0.25, 0.3) is 0 Å². The van der Waals surface area contributed by atoms with Gasteiger partial charge in [0, 0.05) is 13.5 Å². The van der Waals surface area contributed by atoms with Crippen LogP contribution in [0.5, 0.6) is 0 Å². The average molecular weight is 561 g/mol. The Morgan fingerprint density at radius 2 is 1.31 bits per heavy atom. The number of carbonyl (C=O) groups excluding carboxylic acids is 1. The number of hydrogen-bond donors (Lipinski definition) is 2. The standard InChI is InChI=1S/C29H52O10/c1-7-8-9-10-11-12-13-14-15-16-17-33-28-26-25(38-29(5,6)39-26)24(19(3)35-28)37-27-22(32)21(31)23(18(2)34-27)36-20(4)30/h18-19,21-28,31-32H,7-17H2,1-6H3/t18-,19-,21-,22+,23-,24-,25+,26+,27-,28+/m0/s1. The van der Waals surface area contributed by atoms with Crippen molar-refractivity contribution in [2.75, 3.05) is 6.61 Å². The number of hydrogen-bond acceptors (Lipinski definition) is 10. The molecule has 2 N–H and O–H groups in total. The van der Waals surface area contributed by atoms with Gasteiger partial charge in [-0.25, -0.2) is 0 Å². The number of rotatable bonds is 15. The zero-order valence-corrected chi connectivity index (χ0v) is 24.7. The zero-order valence-electron chi connectivity index (χ0n) is 24.7. The van der Waals surface area contributed by atoms with Gasteiger partial charge in [0.1, 0.15) is 30.5 Å². The van der Waals surface area contributed by atoms with E-state index in [1.54, 1.807) is 6.92 Å². The molecule has 0 spiro atoms. The Balaban J connectivity index is 1.48. The first-order chi connectivity index (χ1) is 18.5. The zero-order chi connectivity index (χ0) is 28.6. The fourth-order valence-electron chi connectivity index (χ4n) is 5.65. The molecular formula is C29H52O10. The minimum Gasteiger partial charge on any atom is -0.457 e. The van der Waals surface area contributed by atoms with E-state index in [1.165, 1.54) is 58.3 Å². The van der Waals surface area contributed by atoms with Gasteiger partial charge in [-0.3, -0.25) is 4.79 Å². The Morgan fingerprint density at radius 3 is 1.92 bits per heavy atom. The van der Waals surface area contributed by atoms with Crippen molar-refractivity contribution in [1.29, 1.82) is 0 Å². The number of esters is 1. The lowest BCUT2D eigenvalue weighted by molar-refractivity contribution is -0.342. The van der Waals surface area contributed by atoms with Gasteiger partial charge in [-0.15, -0.1) is 0 Å². The number of unbranched alkanes of at least 4 members (excludes halogenated alkanes) is 9. The van der Waals surface area contributed by atoms with E-state index in [0.29, 0.717) is 6.61 Å². The van der Waals surface area contributed by atoms with Crippen molar-refractivity contribution in [2.45, 2.75) is 173 Å². The van der Waals surface area contributed by atoms with Crippen LogP contribution in [0.2, 0.25) is 0 Å². The van der Waals surface area contributed by atoms with Crippen LogP contribution in [0.15, 0.2) is 0 Å². The fraction of sp³-hybridized carbons (Fsp3) is 0.966. The molecular weight excluding hydrogens is 508 g/mol. The normalized spacial score (nSPS) is 37.9. The second-order valence-electron chi connectivity index (χ2n) is 11.7. The SMILES string of the molecule is CCCCCCCCCCCCO[C@@H]1O[C@@H](C)[C@H](O[C@@H]2O[C@@H](C)[C@H](OC(C)=O)[C@@H](O)[C@H]2O)[C@H]2OC(C)(C)O[C@@H]12. The number of carbonyl (C=O) groups is 1. The summed E-state index contributed by atoms with van der Waals surface area (Å²) >= 11 is 0. The molecule has 10 heteroatoms. The molecule has 3 heterocycles. The third-order valence-corrected chi connectivity index (χ3v) is 7.72. The Bertz CT molecular complexity index is 733. The van der Waals surface area contributed by atoms with E-state index in [-0.39, 0.29) is 0 Å². The molecule has 0 saturated carbocycles. The maximum Gasteiger partial charge on any atom is 0.303 e. The molecule has 228 valence electrons. The van der Waals surface area contributed by atoms with Crippen LogP contribution in [-0.4, -0.2) is 90.0 Å². The van der Waals surface area contributed by atoms with Crippen LogP contribution >= 0.6 is 0 Å². The van der Waals surface area contributed by atoms with E-state index in [2.05, 4.69) is 6.92 Å². The first-order valence-corrected chi connectivity index (χ1v) is 15.0. The van der Waals surface area contributed by atoms with Gasteiger partial charge in [-0.2, -0.15) is 0 Å². The summed E-state index contributed by atoms with van der Waals surface area (Å²) in [6.07, 6.45) is 4.06. The second kappa shape index (κ2) is 15.4. The first kappa shape index (κ1) is 32.7. The first-order valence-electron chi connectivity index (χ1n) is 15.0. The molecule has 0 amide bonds. The maximum absolute atomic E-state index is 11.4. The predicted molar refractivity (Wildman–Crippen MR) is 143 cm³/mol. The number of ether oxygens (including phenoxy) is 7. The van der Waals surface area contributed by atoms with Gasteiger partial charge in [0.05, 0.1) is 12.2 Å². The highest BCUT2D eigenvalue weighted by atomic mass is 16.8. The van der Waals surface area contributed by atoms with Gasteiger partial charge in [0.25, 0.3) is 0 Å². The molecule has 3 rings (SSSR count). The summed E-state index contributed by atoms with van der Waals surface area (Å²) < 4.78 is 41.8. The van der Waals surface area contributed by atoms with E-state index in [9.17, 15) is 15.0 Å². The molecule has 0 radical (unpaired) electrons. The summed E-state index contributed by atoms with van der Waals surface area (Å²) in [4.78, 5) is 11.4. The third-order valence-electron chi connectivity index (χ3n) is 7.72. The fourth-order valence-corrected chi connectivity index (χ4v) is 5.65. The minimum absolute atomic E-state index is 0.462. The van der Waals surface area contributed by atoms with E-state index < -0.39 is 73.2 Å². The van der Waals surface area contributed by atoms with E-state index in [1.807, 2.05) is 20.8 Å². The smallest absolute Gasteiger partial charge is 0.303 e. The quantitative estimate of drug-likeness (QED) is 0.225. The third kappa shape index (κ3) is 9.33. The summed E-state index contributed by atoms with van der Waals surface area (Å²) in [5, 5.41) is 21.3. The minimum atomic E-state index is -1.43. The van der Waals surface area contributed by atoms with Gasteiger partial charge >= 0.3 is 5.97 Å². The molecule has 3 aliphatic rings. The van der Waals surface area contributed by atoms with Crippen molar-refractivity contribution >= 4 is 5.97 Å². The van der Waals surface area contributed by atoms with E-state index in [4.69, 9.17) is 33.2 Å². The van der Waals surface area contributed by atoms with Gasteiger partial charge in [0.2, 0.25) is 0 Å². The van der Waals surface area contributed by atoms with Crippen molar-refractivity contribution in [2.24, 2.45) is 0 Å². The van der Waals surface area contributed by atoms with Crippen molar-refractivity contribution in [1.82, 2.24) is 0 Å². The summed E-state index contributed by atoms with van der Waals surface area (Å²) in [6.45, 7) is 11.2. The molecule has 10 atom stereocenters. The van der Waals surface area contributed by atoms with Crippen molar-refractivity contribution < 1.29 is 48.2 Å². The monoisotopic (exact) mass is 560 g/mol. The average Bonchev–Trinajstić information content (AvgIpc) is 3.20. The maximum atomic E-state index is 11.4. The highest BCUT2D eigenvalue weighted by molar-refractivity contribution is 5.66. The Kier molecular flexibility index (Phi) is 12.9. The van der Waals surface area contributed by atoms with E-state index >= 15 is 0 Å². The van der Waals surface area contributed by atoms with Crippen LogP contribution in [-0.2, 0) is 38.0 Å². The number of aliphatic hydroxyl groups excluding tert-OH is 2. The van der Waals surface area contributed by atoms with E-state index in [0.717, 1.165) is 12.8 Å². The van der Waals surface area contributed by atoms with Crippen LogP contribution in [0, 0.1) is 0 Å². The molecule has 3 fully saturated rings. The Labute approximate surface area is 233 Å². The molecule has 3 aliphatic heterocycles. The van der Waals surface area contributed by atoms with Crippen molar-refractivity contribution in [3.05, 3.63) is 0 Å². The lowest BCUT2D eigenvalue weighted by Gasteiger charge is -2.45. The van der Waals surface area contributed by atoms with Crippen LogP contribution in [0.4, 0.5) is 0 Å². The van der Waals surface area contributed by atoms with Crippen LogP contribution in [0.1, 0.15) is 106 Å². The summed E-state index contributed by atoms with van der Waals surface area (Å²) in [5.74, 6) is -1.44. The molecule has 3 saturated heterocycles. The predicted octanol–water partition coefficient (Wildman–Crippen LogP) is 3.97. The summed E-state index contributed by atoms with van der Waals surface area (Å²) in [5.41, 5.74) is 0. The van der Waals surface area contributed by atoms with Crippen LogP contribution < -0.4 is 0 Å². The highest BCUT2D eigenvalue weighted by Gasteiger charge is 2.57. The molecule has 0 aromatic heterocycles. The molecule has 0 aromatic rings. The molecule has 0 aliphatic carbocycles. The summed E-state index contributed by atoms with van der Waals surface area (Å²) in [6, 6.07) is 0. The van der Waals surface area contributed by atoms with Gasteiger partial charge < -0.3 is 43.4 Å². The second-order valence-corrected chi connectivity index (χ2v) is 11.7. The van der Waals surface area contributed by atoms with Crippen LogP contribution in [0.3, 0.4) is 0 Å². The van der Waals surface area contributed by atoms with Crippen molar-refractivity contribution in [3.63, 3.8) is 0 Å². The lowest BCUT2D eigenvalue weighted by atomic mass is 9.97. The molecule has 0 aromatic carbocycles. The summed E-state index contributed by atoms with van der Waals surface area (Å²) in [7, 11) is 0. The Morgan fingerprint density at radius 1 is 0.769 bits per heavy atom. The molecule has 0 unspecified atom stereocenters. The van der Waals surface area contributed by atoms with Crippen molar-refractivity contribution in [3.8, 4) is 0 Å². The van der Waals surface area contributed by atoms with Gasteiger partial charge in [-0.05, 0) is 34.1 Å².